The minimum atomic E-state index is -4.57. The number of hydrogen-bond acceptors (Lipinski definition) is 4. The van der Waals surface area contributed by atoms with E-state index in [1.54, 1.807) is 0 Å². The molecule has 0 atom stereocenters. The fraction of sp³-hybridized carbons (Fsp3) is 0.400. The van der Waals surface area contributed by atoms with Gasteiger partial charge in [-0.2, -0.15) is 8.78 Å². The highest BCUT2D eigenvalue weighted by molar-refractivity contribution is 7.91. The zero-order chi connectivity index (χ0) is 19.5. The molecule has 1 aliphatic rings. The summed E-state index contributed by atoms with van der Waals surface area (Å²) in [4.78, 5) is -0.372. The zero-order valence-corrected chi connectivity index (χ0v) is 15.9. The van der Waals surface area contributed by atoms with Gasteiger partial charge in [0.05, 0.1) is 4.90 Å². The van der Waals surface area contributed by atoms with Crippen molar-refractivity contribution in [2.75, 3.05) is 25.1 Å². The number of hydrogen-bond donors (Lipinski definition) is 1. The lowest BCUT2D eigenvalue weighted by atomic mass is 9.72. The first-order valence-corrected chi connectivity index (χ1v) is 10.4. The Labute approximate surface area is 158 Å². The van der Waals surface area contributed by atoms with Gasteiger partial charge in [0.25, 0.3) is 0 Å². The molecule has 1 heterocycles. The number of anilines is 1. The van der Waals surface area contributed by atoms with Crippen molar-refractivity contribution in [3.8, 4) is 0 Å². The average Bonchev–Trinajstić information content (AvgIpc) is 2.67. The van der Waals surface area contributed by atoms with Gasteiger partial charge in [-0.1, -0.05) is 24.3 Å². The van der Waals surface area contributed by atoms with Crippen molar-refractivity contribution >= 4 is 15.5 Å². The summed E-state index contributed by atoms with van der Waals surface area (Å²) in [5.74, 6) is -3.41. The summed E-state index contributed by atoms with van der Waals surface area (Å²) in [5.41, 5.74) is 3.11. The zero-order valence-electron chi connectivity index (χ0n) is 15.1. The lowest BCUT2D eigenvalue weighted by Gasteiger charge is -2.39. The highest BCUT2D eigenvalue weighted by Crippen LogP contribution is 2.37. The van der Waals surface area contributed by atoms with Crippen LogP contribution >= 0.6 is 0 Å². The summed E-state index contributed by atoms with van der Waals surface area (Å²) in [6.45, 7) is 4.11. The van der Waals surface area contributed by atoms with E-state index in [0.29, 0.717) is 25.4 Å². The van der Waals surface area contributed by atoms with Gasteiger partial charge in [-0.3, -0.25) is 0 Å². The lowest BCUT2D eigenvalue weighted by Crippen LogP contribution is -2.40. The molecule has 0 spiro atoms. The number of alkyl halides is 2. The van der Waals surface area contributed by atoms with Crippen LogP contribution in [0, 0.1) is 6.92 Å². The Balaban J connectivity index is 1.80. The molecule has 27 heavy (non-hydrogen) atoms. The summed E-state index contributed by atoms with van der Waals surface area (Å²) in [7, 11) is -4.57. The molecule has 3 rings (SSSR count). The maximum absolute atomic E-state index is 12.7. The smallest absolute Gasteiger partial charge is 0.341 e. The van der Waals surface area contributed by atoms with Crippen LogP contribution in [0.5, 0.6) is 0 Å². The highest BCUT2D eigenvalue weighted by atomic mass is 32.2. The molecule has 2 aromatic carbocycles. The Morgan fingerprint density at radius 1 is 1.07 bits per heavy atom. The number of nitrogens with one attached hydrogen (secondary N) is 1. The molecule has 2 aromatic rings. The van der Waals surface area contributed by atoms with Crippen LogP contribution in [0.1, 0.15) is 24.0 Å². The monoisotopic (exact) mass is 395 g/mol. The van der Waals surface area contributed by atoms with Gasteiger partial charge in [-0.25, -0.2) is 8.42 Å². The van der Waals surface area contributed by atoms with E-state index in [2.05, 4.69) is 24.4 Å². The summed E-state index contributed by atoms with van der Waals surface area (Å²) in [6.07, 6.45) is 1.76. The van der Waals surface area contributed by atoms with E-state index < -0.39 is 15.6 Å². The second-order valence-electron chi connectivity index (χ2n) is 6.89. The molecular weight excluding hydrogens is 372 g/mol. The van der Waals surface area contributed by atoms with E-state index >= 15 is 0 Å². The van der Waals surface area contributed by atoms with E-state index in [0.717, 1.165) is 12.8 Å². The van der Waals surface area contributed by atoms with Crippen molar-refractivity contribution in [1.29, 1.82) is 0 Å². The second kappa shape index (κ2) is 7.94. The topological polar surface area (TPSA) is 55.4 Å². The molecular formula is C20H23F2NO3S. The van der Waals surface area contributed by atoms with Crippen LogP contribution < -0.4 is 5.32 Å². The number of aryl methyl sites for hydroxylation is 1. The van der Waals surface area contributed by atoms with Gasteiger partial charge < -0.3 is 10.1 Å². The Morgan fingerprint density at radius 3 is 2.30 bits per heavy atom. The minimum absolute atomic E-state index is 0.0860. The van der Waals surface area contributed by atoms with Gasteiger partial charge in [0.2, 0.25) is 9.84 Å². The SMILES string of the molecule is Cc1ccccc1C1(CNc2ccc(S(=O)(=O)C(F)F)cc2)CCOCC1. The molecule has 0 saturated carbocycles. The van der Waals surface area contributed by atoms with Gasteiger partial charge in [-0.05, 0) is 55.2 Å². The fourth-order valence-corrected chi connectivity index (χ4v) is 4.33. The molecule has 7 heteroatoms. The fourth-order valence-electron chi connectivity index (χ4n) is 3.61. The maximum atomic E-state index is 12.7. The van der Waals surface area contributed by atoms with Gasteiger partial charge in [0.1, 0.15) is 0 Å². The van der Waals surface area contributed by atoms with Crippen LogP contribution in [0.25, 0.3) is 0 Å². The third kappa shape index (κ3) is 4.14. The Hall–Kier alpha value is -1.99. The molecule has 1 saturated heterocycles. The lowest BCUT2D eigenvalue weighted by molar-refractivity contribution is 0.0542. The van der Waals surface area contributed by atoms with Crippen molar-refractivity contribution in [1.82, 2.24) is 0 Å². The van der Waals surface area contributed by atoms with Gasteiger partial charge in [0.15, 0.2) is 0 Å². The van der Waals surface area contributed by atoms with Gasteiger partial charge in [0, 0.05) is 30.9 Å². The third-order valence-electron chi connectivity index (χ3n) is 5.21. The molecule has 146 valence electrons. The standard InChI is InChI=1S/C20H23F2NO3S/c1-15-4-2-3-5-18(15)20(10-12-26-13-11-20)14-23-16-6-8-17(9-7-16)27(24,25)19(21)22/h2-9,19,23H,10-14H2,1H3. The summed E-state index contributed by atoms with van der Waals surface area (Å²) < 4.78 is 53.9. The molecule has 0 bridgehead atoms. The summed E-state index contributed by atoms with van der Waals surface area (Å²) in [5, 5.41) is 3.35. The summed E-state index contributed by atoms with van der Waals surface area (Å²) in [6, 6.07) is 13.8. The Morgan fingerprint density at radius 2 is 1.70 bits per heavy atom. The van der Waals surface area contributed by atoms with Crippen molar-refractivity contribution in [2.24, 2.45) is 0 Å². The predicted octanol–water partition coefficient (Wildman–Crippen LogP) is 4.15. The molecule has 0 radical (unpaired) electrons. The van der Waals surface area contributed by atoms with Crippen LogP contribution in [0.4, 0.5) is 14.5 Å². The molecule has 4 nitrogen and oxygen atoms in total. The van der Waals surface area contributed by atoms with E-state index in [1.165, 1.54) is 35.4 Å². The number of sulfone groups is 1. The van der Waals surface area contributed by atoms with Crippen molar-refractivity contribution < 1.29 is 21.9 Å². The van der Waals surface area contributed by atoms with E-state index in [4.69, 9.17) is 4.74 Å². The number of rotatable bonds is 6. The predicted molar refractivity (Wildman–Crippen MR) is 101 cm³/mol. The second-order valence-corrected chi connectivity index (χ2v) is 8.81. The first-order chi connectivity index (χ1) is 12.8. The highest BCUT2D eigenvalue weighted by Gasteiger charge is 2.35. The first-order valence-electron chi connectivity index (χ1n) is 8.85. The van der Waals surface area contributed by atoms with E-state index in [1.807, 2.05) is 12.1 Å². The maximum Gasteiger partial charge on any atom is 0.341 e. The average molecular weight is 395 g/mol. The quantitative estimate of drug-likeness (QED) is 0.798. The normalized spacial score (nSPS) is 17.0. The van der Waals surface area contributed by atoms with Crippen LogP contribution in [0.3, 0.4) is 0 Å². The van der Waals surface area contributed by atoms with Gasteiger partial charge >= 0.3 is 5.76 Å². The summed E-state index contributed by atoms with van der Waals surface area (Å²) >= 11 is 0. The largest absolute Gasteiger partial charge is 0.384 e. The Bertz CT molecular complexity index is 876. The number of ether oxygens (including phenoxy) is 1. The van der Waals surface area contributed by atoms with E-state index in [9.17, 15) is 17.2 Å². The first kappa shape index (κ1) is 19.8. The molecule has 0 unspecified atom stereocenters. The molecule has 1 fully saturated rings. The Kier molecular flexibility index (Phi) is 5.81. The van der Waals surface area contributed by atoms with Crippen molar-refractivity contribution in [2.45, 2.75) is 35.8 Å². The molecule has 0 amide bonds. The number of halogens is 2. The molecule has 1 aliphatic heterocycles. The third-order valence-corrected chi connectivity index (χ3v) is 6.61. The number of benzene rings is 2. The molecule has 1 N–H and O–H groups in total. The van der Waals surface area contributed by atoms with Gasteiger partial charge in [-0.15, -0.1) is 0 Å². The van der Waals surface area contributed by atoms with Crippen LogP contribution in [-0.4, -0.2) is 33.9 Å². The van der Waals surface area contributed by atoms with Crippen LogP contribution in [0.15, 0.2) is 53.4 Å². The van der Waals surface area contributed by atoms with Crippen LogP contribution in [0.2, 0.25) is 0 Å². The minimum Gasteiger partial charge on any atom is -0.384 e. The van der Waals surface area contributed by atoms with Crippen molar-refractivity contribution in [3.63, 3.8) is 0 Å². The van der Waals surface area contributed by atoms with Crippen molar-refractivity contribution in [3.05, 3.63) is 59.7 Å². The van der Waals surface area contributed by atoms with E-state index in [-0.39, 0.29) is 10.3 Å². The molecule has 0 aliphatic carbocycles. The molecule has 0 aromatic heterocycles. The van der Waals surface area contributed by atoms with Crippen LogP contribution in [-0.2, 0) is 20.0 Å².